The van der Waals surface area contributed by atoms with E-state index in [2.05, 4.69) is 24.8 Å². The third-order valence-electron chi connectivity index (χ3n) is 2.64. The Bertz CT molecular complexity index is 647. The van der Waals surface area contributed by atoms with E-state index < -0.39 is 0 Å². The molecule has 0 saturated carbocycles. The van der Waals surface area contributed by atoms with Crippen molar-refractivity contribution in [1.29, 1.82) is 0 Å². The van der Waals surface area contributed by atoms with Gasteiger partial charge < -0.3 is 4.42 Å². The maximum atomic E-state index is 5.75. The molecule has 1 aromatic heterocycles. The molecule has 0 fully saturated rings. The molecule has 0 aliphatic heterocycles. The molecule has 0 atom stereocenters. The van der Waals surface area contributed by atoms with Gasteiger partial charge in [-0.1, -0.05) is 36.9 Å². The zero-order valence-corrected chi connectivity index (χ0v) is 8.23. The van der Waals surface area contributed by atoms with E-state index in [-0.39, 0.29) is 0 Å². The highest BCUT2D eigenvalue weighted by atomic mass is 16.3. The van der Waals surface area contributed by atoms with Crippen LogP contribution in [0, 0.1) is 0 Å². The van der Waals surface area contributed by atoms with E-state index in [9.17, 15) is 0 Å². The van der Waals surface area contributed by atoms with E-state index >= 15 is 0 Å². The van der Waals surface area contributed by atoms with Crippen LogP contribution in [0.5, 0.6) is 0 Å². The molecule has 0 radical (unpaired) electrons. The third kappa shape index (κ3) is 1.17. The topological polar surface area (TPSA) is 13.1 Å². The van der Waals surface area contributed by atoms with Crippen molar-refractivity contribution in [3.63, 3.8) is 0 Å². The highest BCUT2D eigenvalue weighted by Crippen LogP contribution is 2.29. The van der Waals surface area contributed by atoms with Gasteiger partial charge in [-0.05, 0) is 23.8 Å². The van der Waals surface area contributed by atoms with Gasteiger partial charge in [0.15, 0.2) is 0 Å². The lowest BCUT2D eigenvalue weighted by atomic mass is 10.1. The number of fused-ring (bicyclic) bond motifs is 3. The Morgan fingerprint density at radius 3 is 2.60 bits per heavy atom. The molecule has 72 valence electrons. The summed E-state index contributed by atoms with van der Waals surface area (Å²) in [7, 11) is 0. The Labute approximate surface area is 87.6 Å². The van der Waals surface area contributed by atoms with Gasteiger partial charge in [0, 0.05) is 10.8 Å². The number of furan rings is 1. The summed E-state index contributed by atoms with van der Waals surface area (Å²) in [6.07, 6.45) is 1.83. The second-order valence-electron chi connectivity index (χ2n) is 3.56. The summed E-state index contributed by atoms with van der Waals surface area (Å²) >= 11 is 0. The van der Waals surface area contributed by atoms with Crippen LogP contribution >= 0.6 is 0 Å². The van der Waals surface area contributed by atoms with Crippen molar-refractivity contribution in [2.24, 2.45) is 0 Å². The van der Waals surface area contributed by atoms with Crippen LogP contribution in [0.1, 0.15) is 5.56 Å². The molecule has 0 aliphatic carbocycles. The molecule has 1 nitrogen and oxygen atoms in total. The molecular weight excluding hydrogens is 184 g/mol. The Morgan fingerprint density at radius 1 is 0.933 bits per heavy atom. The van der Waals surface area contributed by atoms with Crippen molar-refractivity contribution in [1.82, 2.24) is 0 Å². The number of para-hydroxylation sites is 1. The molecule has 0 N–H and O–H groups in total. The van der Waals surface area contributed by atoms with Crippen molar-refractivity contribution in [3.05, 3.63) is 54.6 Å². The van der Waals surface area contributed by atoms with Crippen LogP contribution in [-0.4, -0.2) is 0 Å². The molecule has 3 rings (SSSR count). The van der Waals surface area contributed by atoms with Gasteiger partial charge in [0.05, 0.1) is 0 Å². The largest absolute Gasteiger partial charge is 0.456 e. The highest BCUT2D eigenvalue weighted by molar-refractivity contribution is 6.05. The van der Waals surface area contributed by atoms with Gasteiger partial charge in [-0.2, -0.15) is 0 Å². The summed E-state index contributed by atoms with van der Waals surface area (Å²) in [6, 6.07) is 14.2. The van der Waals surface area contributed by atoms with E-state index in [0.717, 1.165) is 22.1 Å². The minimum atomic E-state index is 0.925. The molecule has 3 aromatic rings. The fourth-order valence-corrected chi connectivity index (χ4v) is 1.87. The van der Waals surface area contributed by atoms with Crippen LogP contribution in [0.2, 0.25) is 0 Å². The fourth-order valence-electron chi connectivity index (χ4n) is 1.87. The molecule has 0 unspecified atom stereocenters. The van der Waals surface area contributed by atoms with Crippen LogP contribution in [-0.2, 0) is 0 Å². The van der Waals surface area contributed by atoms with E-state index in [1.165, 1.54) is 5.39 Å². The van der Waals surface area contributed by atoms with E-state index in [1.54, 1.807) is 0 Å². The first-order chi connectivity index (χ1) is 7.38. The average Bonchev–Trinajstić information content (AvgIpc) is 2.66. The summed E-state index contributed by atoms with van der Waals surface area (Å²) < 4.78 is 5.75. The molecule has 1 heteroatoms. The standard InChI is InChI=1S/C14H10O/c1-2-10-7-8-12-11-5-3-4-6-13(11)15-14(12)9-10/h2-9H,1H2. The van der Waals surface area contributed by atoms with E-state index in [4.69, 9.17) is 4.42 Å². The summed E-state index contributed by atoms with van der Waals surface area (Å²) in [4.78, 5) is 0. The molecule has 0 spiro atoms. The SMILES string of the molecule is C=Cc1ccc2c(c1)oc1ccccc12. The lowest BCUT2D eigenvalue weighted by molar-refractivity contribution is 0.669. The van der Waals surface area contributed by atoms with Gasteiger partial charge in [-0.15, -0.1) is 0 Å². The highest BCUT2D eigenvalue weighted by Gasteiger charge is 2.05. The van der Waals surface area contributed by atoms with Crippen LogP contribution in [0.3, 0.4) is 0 Å². The van der Waals surface area contributed by atoms with Gasteiger partial charge in [0.2, 0.25) is 0 Å². The van der Waals surface area contributed by atoms with Crippen molar-refractivity contribution in [2.75, 3.05) is 0 Å². The molecule has 1 heterocycles. The number of hydrogen-bond donors (Lipinski definition) is 0. The number of hydrogen-bond acceptors (Lipinski definition) is 1. The lowest BCUT2D eigenvalue weighted by Gasteiger charge is -1.91. The Kier molecular flexibility index (Phi) is 1.65. The first-order valence-corrected chi connectivity index (χ1v) is 4.92. The van der Waals surface area contributed by atoms with Gasteiger partial charge in [-0.25, -0.2) is 0 Å². The van der Waals surface area contributed by atoms with Crippen LogP contribution in [0.4, 0.5) is 0 Å². The first kappa shape index (κ1) is 8.30. The quantitative estimate of drug-likeness (QED) is 0.565. The Hall–Kier alpha value is -2.02. The zero-order chi connectivity index (χ0) is 10.3. The van der Waals surface area contributed by atoms with Gasteiger partial charge >= 0.3 is 0 Å². The Morgan fingerprint density at radius 2 is 1.73 bits per heavy atom. The monoisotopic (exact) mass is 194 g/mol. The first-order valence-electron chi connectivity index (χ1n) is 4.92. The lowest BCUT2D eigenvalue weighted by Crippen LogP contribution is -1.69. The predicted molar refractivity (Wildman–Crippen MR) is 63.8 cm³/mol. The Balaban J connectivity index is 2.48. The van der Waals surface area contributed by atoms with Crippen molar-refractivity contribution in [3.8, 4) is 0 Å². The number of benzene rings is 2. The smallest absolute Gasteiger partial charge is 0.136 e. The summed E-state index contributed by atoms with van der Waals surface area (Å²) in [5, 5.41) is 2.33. The number of rotatable bonds is 1. The second kappa shape index (κ2) is 2.99. The van der Waals surface area contributed by atoms with Gasteiger partial charge in [0.1, 0.15) is 11.2 Å². The van der Waals surface area contributed by atoms with E-state index in [0.29, 0.717) is 0 Å². The maximum Gasteiger partial charge on any atom is 0.136 e. The van der Waals surface area contributed by atoms with Crippen LogP contribution in [0.25, 0.3) is 28.0 Å². The van der Waals surface area contributed by atoms with Crippen LogP contribution in [0.15, 0.2) is 53.5 Å². The minimum Gasteiger partial charge on any atom is -0.456 e. The fraction of sp³-hybridized carbons (Fsp3) is 0. The van der Waals surface area contributed by atoms with Gasteiger partial charge in [0.25, 0.3) is 0 Å². The molecular formula is C14H10O. The summed E-state index contributed by atoms with van der Waals surface area (Å²) in [6.45, 7) is 3.75. The van der Waals surface area contributed by atoms with Crippen molar-refractivity contribution in [2.45, 2.75) is 0 Å². The summed E-state index contributed by atoms with van der Waals surface area (Å²) in [5.74, 6) is 0. The average molecular weight is 194 g/mol. The minimum absolute atomic E-state index is 0.925. The molecule has 0 bridgehead atoms. The molecule has 0 amide bonds. The van der Waals surface area contributed by atoms with Crippen molar-refractivity contribution >= 4 is 28.0 Å². The molecule has 0 aliphatic rings. The second-order valence-corrected chi connectivity index (χ2v) is 3.56. The van der Waals surface area contributed by atoms with E-state index in [1.807, 2.05) is 30.3 Å². The molecule has 15 heavy (non-hydrogen) atoms. The zero-order valence-electron chi connectivity index (χ0n) is 8.23. The predicted octanol–water partition coefficient (Wildman–Crippen LogP) is 4.23. The summed E-state index contributed by atoms with van der Waals surface area (Å²) in [5.41, 5.74) is 2.95. The third-order valence-corrected chi connectivity index (χ3v) is 2.64. The molecule has 2 aromatic carbocycles. The normalized spacial score (nSPS) is 10.9. The maximum absolute atomic E-state index is 5.75. The molecule has 0 saturated heterocycles. The van der Waals surface area contributed by atoms with Crippen LogP contribution < -0.4 is 0 Å². The van der Waals surface area contributed by atoms with Crippen molar-refractivity contribution < 1.29 is 4.42 Å². The van der Waals surface area contributed by atoms with Gasteiger partial charge in [-0.3, -0.25) is 0 Å².